The topological polar surface area (TPSA) is 109 Å². The lowest BCUT2D eigenvalue weighted by molar-refractivity contribution is -0.728. The fraction of sp³-hybridized carbons (Fsp3) is 0.300. The highest BCUT2D eigenvalue weighted by atomic mass is 17.0. The van der Waals surface area contributed by atoms with E-state index in [4.69, 9.17) is 14.3 Å². The molecule has 0 spiro atoms. The van der Waals surface area contributed by atoms with Gasteiger partial charge in [-0.2, -0.15) is 0 Å². The molecule has 19 heavy (non-hydrogen) atoms. The van der Waals surface area contributed by atoms with Crippen LogP contribution in [0.25, 0.3) is 0 Å². The number of benzene rings is 1. The molecule has 0 atom stereocenters. The number of nitrogens with zero attached hydrogens (tertiary/aromatic N) is 1. The van der Waals surface area contributed by atoms with Gasteiger partial charge in [-0.3, -0.25) is 4.84 Å². The van der Waals surface area contributed by atoms with Crippen LogP contribution in [0.2, 0.25) is 0 Å². The number of carbonyl (C=O) groups excluding carboxylic acids is 1. The fourth-order valence-corrected chi connectivity index (χ4v) is 1.24. The maximum Gasteiger partial charge on any atom is 0.419 e. The van der Waals surface area contributed by atoms with Crippen molar-refractivity contribution < 1.29 is 29.0 Å². The van der Waals surface area contributed by atoms with Crippen LogP contribution in [-0.4, -0.2) is 25.4 Å². The van der Waals surface area contributed by atoms with Crippen LogP contribution in [0.4, 0.5) is 4.79 Å². The number of hydrogen-bond donors (Lipinski definition) is 1. The molecule has 104 valence electrons. The minimum Gasteiger partial charge on any atom is -0.493 e. The van der Waals surface area contributed by atoms with E-state index in [0.29, 0.717) is 17.1 Å². The molecular weight excluding hydrogens is 260 g/mol. The zero-order chi connectivity index (χ0) is 14.3. The molecule has 0 saturated heterocycles. The Labute approximate surface area is 108 Å². The molecule has 9 heteroatoms. The second-order valence-electron chi connectivity index (χ2n) is 3.18. The average molecular weight is 272 g/mol. The first-order valence-corrected chi connectivity index (χ1v) is 5.02. The molecule has 1 N–H and O–H groups in total. The molecular formula is C10H12N2O7. The van der Waals surface area contributed by atoms with Crippen molar-refractivity contribution in [3.05, 3.63) is 33.9 Å². The third-order valence-electron chi connectivity index (χ3n) is 2.00. The van der Waals surface area contributed by atoms with Crippen LogP contribution in [-0.2, 0) is 16.3 Å². The molecule has 0 aliphatic rings. The van der Waals surface area contributed by atoms with E-state index in [1.807, 2.05) is 0 Å². The molecule has 0 aliphatic heterocycles. The molecule has 0 aliphatic carbocycles. The highest BCUT2D eigenvalue weighted by Crippen LogP contribution is 2.27. The van der Waals surface area contributed by atoms with Crippen LogP contribution in [0.3, 0.4) is 0 Å². The molecule has 1 rings (SSSR count). The molecule has 0 radical (unpaired) electrons. The van der Waals surface area contributed by atoms with E-state index in [-0.39, 0.29) is 6.61 Å². The highest BCUT2D eigenvalue weighted by Gasteiger charge is 2.08. The fourth-order valence-electron chi connectivity index (χ4n) is 1.24. The van der Waals surface area contributed by atoms with Gasteiger partial charge in [-0.25, -0.2) is 15.1 Å². The summed E-state index contributed by atoms with van der Waals surface area (Å²) in [4.78, 5) is 28.9. The van der Waals surface area contributed by atoms with E-state index in [1.54, 1.807) is 23.7 Å². The third-order valence-corrected chi connectivity index (χ3v) is 2.00. The number of amides is 1. The van der Waals surface area contributed by atoms with E-state index in [2.05, 4.69) is 4.84 Å². The number of methoxy groups -OCH3 is 2. The summed E-state index contributed by atoms with van der Waals surface area (Å²) in [7, 11) is 2.98. The Hall–Kier alpha value is -2.55. The second kappa shape index (κ2) is 7.01. The van der Waals surface area contributed by atoms with Gasteiger partial charge < -0.3 is 9.47 Å². The Bertz CT molecular complexity index is 463. The van der Waals surface area contributed by atoms with Gasteiger partial charge in [0.15, 0.2) is 11.5 Å². The summed E-state index contributed by atoms with van der Waals surface area (Å²) in [6.07, 6.45) is -1.31. The molecule has 0 saturated carbocycles. The first-order chi connectivity index (χ1) is 9.06. The largest absolute Gasteiger partial charge is 0.493 e. The molecule has 0 aromatic heterocycles. The van der Waals surface area contributed by atoms with E-state index < -0.39 is 11.2 Å². The van der Waals surface area contributed by atoms with Gasteiger partial charge in [-0.05, 0) is 17.7 Å². The number of ether oxygens (including phenoxy) is 2. The van der Waals surface area contributed by atoms with Crippen molar-refractivity contribution in [3.63, 3.8) is 0 Å². The Morgan fingerprint density at radius 2 is 2.00 bits per heavy atom. The van der Waals surface area contributed by atoms with Crippen LogP contribution in [0.15, 0.2) is 18.2 Å². The average Bonchev–Trinajstić information content (AvgIpc) is 2.37. The third kappa shape index (κ3) is 4.68. The zero-order valence-electron chi connectivity index (χ0n) is 10.2. The normalized spacial score (nSPS) is 9.58. The standard InChI is InChI=1S/C10H12N2O7/c1-16-8-4-3-7(5-9(8)17-2)6-18-11-10(13)19-12(14)15/h3-5H,6H2,1-2H3,(H,11,13). The summed E-state index contributed by atoms with van der Waals surface area (Å²) in [5, 5.41) is 8.59. The van der Waals surface area contributed by atoms with Gasteiger partial charge in [0, 0.05) is 0 Å². The van der Waals surface area contributed by atoms with Crippen LogP contribution >= 0.6 is 0 Å². The van der Waals surface area contributed by atoms with Gasteiger partial charge in [0.1, 0.15) is 0 Å². The number of nitrogens with one attached hydrogen (secondary N) is 1. The molecule has 0 unspecified atom stereocenters. The molecule has 1 amide bonds. The lowest BCUT2D eigenvalue weighted by Crippen LogP contribution is -2.26. The second-order valence-corrected chi connectivity index (χ2v) is 3.18. The minimum absolute atomic E-state index is 0.0207. The van der Waals surface area contributed by atoms with Gasteiger partial charge in [-0.15, -0.1) is 10.1 Å². The predicted octanol–water partition coefficient (Wildman–Crippen LogP) is 1.05. The number of rotatable bonds is 6. The van der Waals surface area contributed by atoms with Gasteiger partial charge >= 0.3 is 11.2 Å². The van der Waals surface area contributed by atoms with E-state index in [9.17, 15) is 14.9 Å². The van der Waals surface area contributed by atoms with Crippen molar-refractivity contribution in [1.29, 1.82) is 0 Å². The van der Waals surface area contributed by atoms with Gasteiger partial charge in [0.25, 0.3) is 0 Å². The summed E-state index contributed by atoms with van der Waals surface area (Å²) in [5.74, 6) is 1.04. The van der Waals surface area contributed by atoms with Crippen LogP contribution < -0.4 is 15.0 Å². The molecule has 0 fully saturated rings. The Balaban J connectivity index is 2.49. The van der Waals surface area contributed by atoms with Crippen LogP contribution in [0, 0.1) is 10.1 Å². The van der Waals surface area contributed by atoms with Gasteiger partial charge in [0.2, 0.25) is 0 Å². The van der Waals surface area contributed by atoms with E-state index in [1.165, 1.54) is 14.2 Å². The van der Waals surface area contributed by atoms with Gasteiger partial charge in [0.05, 0.1) is 20.8 Å². The minimum atomic E-state index is -1.31. The van der Waals surface area contributed by atoms with Crippen molar-refractivity contribution in [3.8, 4) is 11.5 Å². The maximum absolute atomic E-state index is 10.7. The Morgan fingerprint density at radius 1 is 1.32 bits per heavy atom. The van der Waals surface area contributed by atoms with Crippen molar-refractivity contribution in [1.82, 2.24) is 5.48 Å². The molecule has 0 heterocycles. The van der Waals surface area contributed by atoms with Crippen molar-refractivity contribution in [2.75, 3.05) is 14.2 Å². The number of carbonyl (C=O) groups is 1. The first-order valence-electron chi connectivity index (χ1n) is 5.02. The molecule has 0 bridgehead atoms. The molecule has 1 aromatic rings. The number of hydrogen-bond acceptors (Lipinski definition) is 7. The molecule has 1 aromatic carbocycles. The summed E-state index contributed by atoms with van der Waals surface area (Å²) >= 11 is 0. The van der Waals surface area contributed by atoms with Crippen LogP contribution in [0.1, 0.15) is 5.56 Å². The quantitative estimate of drug-likeness (QED) is 0.608. The highest BCUT2D eigenvalue weighted by molar-refractivity contribution is 5.64. The van der Waals surface area contributed by atoms with Crippen molar-refractivity contribution >= 4 is 6.09 Å². The Kier molecular flexibility index (Phi) is 5.35. The summed E-state index contributed by atoms with van der Waals surface area (Å²) in [6.45, 7) is -0.0207. The maximum atomic E-state index is 10.7. The zero-order valence-corrected chi connectivity index (χ0v) is 10.2. The SMILES string of the molecule is COc1ccc(CONC(=O)O[N+](=O)[O-])cc1OC. The Morgan fingerprint density at radius 3 is 2.58 bits per heavy atom. The van der Waals surface area contributed by atoms with Crippen molar-refractivity contribution in [2.45, 2.75) is 6.61 Å². The van der Waals surface area contributed by atoms with Crippen LogP contribution in [0.5, 0.6) is 11.5 Å². The van der Waals surface area contributed by atoms with E-state index in [0.717, 1.165) is 0 Å². The lowest BCUT2D eigenvalue weighted by atomic mass is 10.2. The van der Waals surface area contributed by atoms with Crippen molar-refractivity contribution in [2.24, 2.45) is 0 Å². The molecule has 9 nitrogen and oxygen atoms in total. The van der Waals surface area contributed by atoms with E-state index >= 15 is 0 Å². The predicted molar refractivity (Wildman–Crippen MR) is 60.9 cm³/mol. The first kappa shape index (κ1) is 14.5. The summed E-state index contributed by atoms with van der Waals surface area (Å²) in [5.41, 5.74) is 2.42. The lowest BCUT2D eigenvalue weighted by Gasteiger charge is -2.09. The summed E-state index contributed by atoms with van der Waals surface area (Å²) in [6, 6.07) is 4.98. The van der Waals surface area contributed by atoms with Gasteiger partial charge in [-0.1, -0.05) is 6.07 Å². The summed E-state index contributed by atoms with van der Waals surface area (Å²) < 4.78 is 10.1. The smallest absolute Gasteiger partial charge is 0.419 e. The monoisotopic (exact) mass is 272 g/mol. The number of hydroxylamine groups is 1.